The van der Waals surface area contributed by atoms with E-state index in [9.17, 15) is 0 Å². The molecule has 2 nitrogen and oxygen atoms in total. The lowest BCUT2D eigenvalue weighted by molar-refractivity contribution is 1.18. The summed E-state index contributed by atoms with van der Waals surface area (Å²) in [4.78, 5) is 2.39. The smallest absolute Gasteiger partial charge is 0.0547 e. The Balaban J connectivity index is 0.940. The summed E-state index contributed by atoms with van der Waals surface area (Å²) in [5, 5.41) is 10.0. The molecule has 13 aromatic rings. The number of nitrogens with zero attached hydrogens (tertiary/aromatic N) is 2. The van der Waals surface area contributed by atoms with Gasteiger partial charge in [0.15, 0.2) is 0 Å². The van der Waals surface area contributed by atoms with Crippen molar-refractivity contribution in [2.24, 2.45) is 0 Å². The fraction of sp³-hybridized carbons (Fsp3) is 0. The minimum absolute atomic E-state index is 1.08. The van der Waals surface area contributed by atoms with Gasteiger partial charge in [0.1, 0.15) is 0 Å². The Labute approximate surface area is 395 Å². The highest BCUT2D eigenvalue weighted by atomic mass is 15.1. The minimum atomic E-state index is 1.08. The Bertz CT molecular complexity index is 4010. The van der Waals surface area contributed by atoms with E-state index >= 15 is 0 Å². The van der Waals surface area contributed by atoms with Gasteiger partial charge in [-0.25, -0.2) is 0 Å². The van der Waals surface area contributed by atoms with Crippen LogP contribution < -0.4 is 4.90 Å². The summed E-state index contributed by atoms with van der Waals surface area (Å²) in [7, 11) is 0. The van der Waals surface area contributed by atoms with Crippen LogP contribution in [0, 0.1) is 0 Å². The van der Waals surface area contributed by atoms with Crippen molar-refractivity contribution in [3.63, 3.8) is 0 Å². The molecular weight excluding hydrogens is 821 g/mol. The summed E-state index contributed by atoms with van der Waals surface area (Å²) in [5.74, 6) is 0. The first-order valence-electron chi connectivity index (χ1n) is 23.4. The Morgan fingerprint density at radius 3 is 1.47 bits per heavy atom. The van der Waals surface area contributed by atoms with E-state index in [-0.39, 0.29) is 0 Å². The van der Waals surface area contributed by atoms with E-state index in [2.05, 4.69) is 276 Å². The monoisotopic (exact) mass is 864 g/mol. The van der Waals surface area contributed by atoms with Gasteiger partial charge < -0.3 is 9.47 Å². The first-order chi connectivity index (χ1) is 33.7. The summed E-state index contributed by atoms with van der Waals surface area (Å²) < 4.78 is 2.45. The van der Waals surface area contributed by atoms with E-state index in [1.165, 1.54) is 93.1 Å². The Hall–Kier alpha value is -8.98. The molecule has 13 rings (SSSR count). The summed E-state index contributed by atoms with van der Waals surface area (Å²) in [6.45, 7) is 0. The van der Waals surface area contributed by atoms with E-state index < -0.39 is 0 Å². The molecule has 1 heterocycles. The highest BCUT2D eigenvalue weighted by Gasteiger charge is 2.20. The summed E-state index contributed by atoms with van der Waals surface area (Å²) >= 11 is 0. The number of hydrogen-bond donors (Lipinski definition) is 0. The number of aromatic nitrogens is 1. The number of anilines is 3. The van der Waals surface area contributed by atoms with Gasteiger partial charge in [0, 0.05) is 33.4 Å². The molecule has 0 saturated heterocycles. The fourth-order valence-corrected chi connectivity index (χ4v) is 10.6. The van der Waals surface area contributed by atoms with Crippen molar-refractivity contribution in [3.8, 4) is 50.2 Å². The number of benzene rings is 12. The van der Waals surface area contributed by atoms with Gasteiger partial charge in [-0.05, 0) is 126 Å². The van der Waals surface area contributed by atoms with Crippen LogP contribution in [0.5, 0.6) is 0 Å². The Morgan fingerprint density at radius 2 is 0.735 bits per heavy atom. The quantitative estimate of drug-likeness (QED) is 0.148. The molecule has 318 valence electrons. The molecule has 0 bridgehead atoms. The van der Waals surface area contributed by atoms with Gasteiger partial charge in [0.2, 0.25) is 0 Å². The predicted octanol–water partition coefficient (Wildman–Crippen LogP) is 18.4. The lowest BCUT2D eigenvalue weighted by atomic mass is 9.92. The minimum Gasteiger partial charge on any atom is -0.310 e. The van der Waals surface area contributed by atoms with Crippen LogP contribution in [0.25, 0.3) is 104 Å². The van der Waals surface area contributed by atoms with Crippen LogP contribution in [0.4, 0.5) is 17.1 Å². The van der Waals surface area contributed by atoms with Crippen LogP contribution in [-0.2, 0) is 0 Å². The summed E-state index contributed by atoms with van der Waals surface area (Å²) in [6.07, 6.45) is 0. The van der Waals surface area contributed by atoms with Crippen LogP contribution in [0.1, 0.15) is 0 Å². The van der Waals surface area contributed by atoms with Gasteiger partial charge >= 0.3 is 0 Å². The van der Waals surface area contributed by atoms with Crippen LogP contribution in [-0.4, -0.2) is 4.57 Å². The summed E-state index contributed by atoms with van der Waals surface area (Å²) in [6, 6.07) is 97.4. The Kier molecular flexibility index (Phi) is 9.54. The molecular formula is C66H44N2. The van der Waals surface area contributed by atoms with Crippen LogP contribution >= 0.6 is 0 Å². The highest BCUT2D eigenvalue weighted by Crippen LogP contribution is 2.43. The number of rotatable bonds is 8. The topological polar surface area (TPSA) is 8.17 Å². The second kappa shape index (κ2) is 16.5. The van der Waals surface area contributed by atoms with Gasteiger partial charge in [-0.1, -0.05) is 212 Å². The molecule has 0 amide bonds. The highest BCUT2D eigenvalue weighted by molar-refractivity contribution is 6.21. The van der Waals surface area contributed by atoms with E-state index in [4.69, 9.17) is 0 Å². The number of hydrogen-bond acceptors (Lipinski definition) is 1. The molecule has 12 aromatic carbocycles. The summed E-state index contributed by atoms with van der Waals surface area (Å²) in [5.41, 5.74) is 16.4. The SMILES string of the molecule is c1ccc(-c2ccc(-c3cccc(N(c4ccc(-c5ccccc5-n5c6ccccc6c6c7ccccc7ccc65)cc4)c4ccc(-c5cccc6ccccc56)cc4)c3)c3ccccc23)cc1. The molecule has 0 fully saturated rings. The number of fused-ring (bicyclic) bond motifs is 7. The average molecular weight is 865 g/mol. The van der Waals surface area contributed by atoms with Gasteiger partial charge in [-0.15, -0.1) is 0 Å². The third-order valence-corrected chi connectivity index (χ3v) is 13.8. The number of para-hydroxylation sites is 2. The normalized spacial score (nSPS) is 11.5. The first kappa shape index (κ1) is 39.4. The molecule has 0 unspecified atom stereocenters. The lowest BCUT2D eigenvalue weighted by Crippen LogP contribution is -2.10. The van der Waals surface area contributed by atoms with Crippen molar-refractivity contribution in [1.82, 2.24) is 4.57 Å². The van der Waals surface area contributed by atoms with Gasteiger partial charge in [-0.3, -0.25) is 0 Å². The third-order valence-electron chi connectivity index (χ3n) is 13.8. The van der Waals surface area contributed by atoms with Crippen molar-refractivity contribution in [2.75, 3.05) is 4.90 Å². The Morgan fingerprint density at radius 1 is 0.250 bits per heavy atom. The van der Waals surface area contributed by atoms with Crippen molar-refractivity contribution < 1.29 is 0 Å². The van der Waals surface area contributed by atoms with Crippen LogP contribution in [0.2, 0.25) is 0 Å². The second-order valence-electron chi connectivity index (χ2n) is 17.6. The average Bonchev–Trinajstić information content (AvgIpc) is 3.76. The maximum absolute atomic E-state index is 2.45. The molecule has 0 aliphatic heterocycles. The van der Waals surface area contributed by atoms with Gasteiger partial charge in [-0.2, -0.15) is 0 Å². The van der Waals surface area contributed by atoms with E-state index in [1.54, 1.807) is 0 Å². The zero-order chi connectivity index (χ0) is 45.0. The lowest BCUT2D eigenvalue weighted by Gasteiger charge is -2.27. The molecule has 2 heteroatoms. The van der Waals surface area contributed by atoms with Gasteiger partial charge in [0.25, 0.3) is 0 Å². The molecule has 0 N–H and O–H groups in total. The van der Waals surface area contributed by atoms with Crippen LogP contribution in [0.15, 0.2) is 267 Å². The maximum atomic E-state index is 2.45. The first-order valence-corrected chi connectivity index (χ1v) is 23.4. The molecule has 1 aromatic heterocycles. The zero-order valence-electron chi connectivity index (χ0n) is 37.3. The maximum Gasteiger partial charge on any atom is 0.0547 e. The van der Waals surface area contributed by atoms with E-state index in [1.807, 2.05) is 0 Å². The second-order valence-corrected chi connectivity index (χ2v) is 17.6. The van der Waals surface area contributed by atoms with Crippen molar-refractivity contribution in [3.05, 3.63) is 267 Å². The molecule has 0 aliphatic carbocycles. The predicted molar refractivity (Wildman–Crippen MR) is 290 cm³/mol. The third kappa shape index (κ3) is 6.65. The zero-order valence-corrected chi connectivity index (χ0v) is 37.3. The molecule has 0 radical (unpaired) electrons. The van der Waals surface area contributed by atoms with Crippen LogP contribution in [0.3, 0.4) is 0 Å². The molecule has 0 saturated carbocycles. The largest absolute Gasteiger partial charge is 0.310 e. The molecule has 0 atom stereocenters. The van der Waals surface area contributed by atoms with Crippen molar-refractivity contribution in [2.45, 2.75) is 0 Å². The molecule has 68 heavy (non-hydrogen) atoms. The van der Waals surface area contributed by atoms with E-state index in [0.717, 1.165) is 28.3 Å². The molecule has 0 aliphatic rings. The van der Waals surface area contributed by atoms with E-state index in [0.29, 0.717) is 0 Å². The van der Waals surface area contributed by atoms with Crippen molar-refractivity contribution >= 4 is 71.2 Å². The van der Waals surface area contributed by atoms with Crippen molar-refractivity contribution in [1.29, 1.82) is 0 Å². The van der Waals surface area contributed by atoms with Gasteiger partial charge in [0.05, 0.1) is 16.7 Å². The molecule has 0 spiro atoms. The standard InChI is InChI=1S/C66H44N2/c1-2-16-45(17-3-1)56-41-42-57(61-27-9-8-26-60(56)61)50-21-14-22-53(44-50)67(51-37-32-48(33-38-51)55-29-15-20-46-18-4-6-23-54(46)55)52-39-34-49(35-40-52)58-24-10-12-30-63(58)68-64-31-13-11-28-62(64)66-59-25-7-5-19-47(59)36-43-65(66)68/h1-44H. The fourth-order valence-electron chi connectivity index (χ4n) is 10.6.